The van der Waals surface area contributed by atoms with Crippen LogP contribution in [0.15, 0.2) is 0 Å². The topological polar surface area (TPSA) is 3.24 Å². The first-order valence-electron chi connectivity index (χ1n) is 3.75. The first-order chi connectivity index (χ1) is 4.22. The molecule has 0 unspecified atom stereocenters. The number of nitrogens with zero attached hydrogens (tertiary/aromatic N) is 1. The summed E-state index contributed by atoms with van der Waals surface area (Å²) >= 11 is 0. The van der Waals surface area contributed by atoms with Crippen molar-refractivity contribution in [3.63, 3.8) is 0 Å². The van der Waals surface area contributed by atoms with E-state index in [0.29, 0.717) is 6.04 Å². The van der Waals surface area contributed by atoms with Gasteiger partial charge in [0, 0.05) is 6.04 Å². The second-order valence-corrected chi connectivity index (χ2v) is 2.58. The molecule has 0 rings (SSSR count). The molecule has 0 aliphatic carbocycles. The molecule has 0 heterocycles. The summed E-state index contributed by atoms with van der Waals surface area (Å²) in [6, 6.07) is 0.678. The minimum Gasteiger partial charge on any atom is -0.358 e. The van der Waals surface area contributed by atoms with Gasteiger partial charge in [0.25, 0.3) is 0 Å². The van der Waals surface area contributed by atoms with Crippen molar-refractivity contribution in [2.45, 2.75) is 33.2 Å². The minimum absolute atomic E-state index is 0. The Morgan fingerprint density at radius 2 is 1.82 bits per heavy atom. The molecule has 0 aromatic carbocycles. The average molecular weight is 209 g/mol. The fourth-order valence-corrected chi connectivity index (χ4v) is 0.985. The van der Waals surface area contributed by atoms with Crippen LogP contribution in [0, 0.1) is 14.4 Å². The molecule has 0 bridgehead atoms. The second kappa shape index (κ2) is 10.6. The van der Waals surface area contributed by atoms with Gasteiger partial charge in [-0.2, -0.15) is 6.42 Å². The molecule has 0 aliphatic rings. The van der Waals surface area contributed by atoms with Crippen molar-refractivity contribution in [3.05, 3.63) is 14.4 Å². The summed E-state index contributed by atoms with van der Waals surface area (Å²) < 4.78 is 0. The molecule has 0 aliphatic heterocycles. The SMILES string of the molecule is [CH2-]CCN(CC)C(C)C.[CH3-].[Zn+2]. The van der Waals surface area contributed by atoms with Gasteiger partial charge in [-0.05, 0) is 26.9 Å². The summed E-state index contributed by atoms with van der Waals surface area (Å²) in [6.07, 6.45) is 1.02. The third-order valence-corrected chi connectivity index (χ3v) is 1.58. The summed E-state index contributed by atoms with van der Waals surface area (Å²) in [5.74, 6) is 0. The molecule has 11 heavy (non-hydrogen) atoms. The summed E-state index contributed by atoms with van der Waals surface area (Å²) in [6.45, 7) is 12.7. The van der Waals surface area contributed by atoms with Gasteiger partial charge in [0.1, 0.15) is 0 Å². The minimum atomic E-state index is 0. The fraction of sp³-hybridized carbons (Fsp3) is 0.778. The molecule has 0 fully saturated rings. The Morgan fingerprint density at radius 1 is 1.36 bits per heavy atom. The monoisotopic (exact) mass is 207 g/mol. The second-order valence-electron chi connectivity index (χ2n) is 2.58. The summed E-state index contributed by atoms with van der Waals surface area (Å²) in [4.78, 5) is 2.41. The predicted octanol–water partition coefficient (Wildman–Crippen LogP) is 2.39. The Hall–Kier alpha value is 0.583. The third kappa shape index (κ3) is 8.49. The molecule has 0 amide bonds. The largest absolute Gasteiger partial charge is 2.00 e. The van der Waals surface area contributed by atoms with Crippen LogP contribution in [-0.4, -0.2) is 24.0 Å². The zero-order valence-corrected chi connectivity index (χ0v) is 11.5. The Bertz CT molecular complexity index is 64.6. The van der Waals surface area contributed by atoms with Crippen LogP contribution < -0.4 is 0 Å². The molecule has 0 spiro atoms. The molecule has 0 aromatic heterocycles. The van der Waals surface area contributed by atoms with Gasteiger partial charge in [-0.1, -0.05) is 6.92 Å². The van der Waals surface area contributed by atoms with Crippen molar-refractivity contribution in [3.8, 4) is 0 Å². The molecule has 0 atom stereocenters. The van der Waals surface area contributed by atoms with E-state index in [4.69, 9.17) is 0 Å². The van der Waals surface area contributed by atoms with E-state index in [-0.39, 0.29) is 26.9 Å². The quantitative estimate of drug-likeness (QED) is 0.507. The number of hydrogen-bond acceptors (Lipinski definition) is 1. The molecular weight excluding hydrogens is 187 g/mol. The van der Waals surface area contributed by atoms with E-state index in [0.717, 1.165) is 19.5 Å². The number of hydrogen-bond donors (Lipinski definition) is 0. The molecule has 0 saturated carbocycles. The van der Waals surface area contributed by atoms with Crippen LogP contribution in [-0.2, 0) is 19.5 Å². The molecule has 0 aromatic rings. The van der Waals surface area contributed by atoms with Crippen LogP contribution in [0.5, 0.6) is 0 Å². The molecule has 0 saturated heterocycles. The third-order valence-electron chi connectivity index (χ3n) is 1.58. The van der Waals surface area contributed by atoms with Gasteiger partial charge in [0.05, 0.1) is 0 Å². The first kappa shape index (κ1) is 17.6. The van der Waals surface area contributed by atoms with E-state index in [1.54, 1.807) is 0 Å². The Morgan fingerprint density at radius 3 is 1.91 bits per heavy atom. The van der Waals surface area contributed by atoms with Crippen molar-refractivity contribution in [2.75, 3.05) is 13.1 Å². The van der Waals surface area contributed by atoms with Crippen LogP contribution >= 0.6 is 0 Å². The van der Waals surface area contributed by atoms with E-state index < -0.39 is 0 Å². The Balaban J connectivity index is -0.000000320. The zero-order valence-electron chi connectivity index (χ0n) is 8.56. The van der Waals surface area contributed by atoms with Gasteiger partial charge in [0.2, 0.25) is 0 Å². The van der Waals surface area contributed by atoms with E-state index in [9.17, 15) is 0 Å². The molecule has 1 nitrogen and oxygen atoms in total. The normalized spacial score (nSPS) is 9.27. The van der Waals surface area contributed by atoms with Crippen LogP contribution in [0.3, 0.4) is 0 Å². The van der Waals surface area contributed by atoms with E-state index in [2.05, 4.69) is 32.6 Å². The van der Waals surface area contributed by atoms with Gasteiger partial charge < -0.3 is 19.3 Å². The van der Waals surface area contributed by atoms with Gasteiger partial charge in [-0.3, -0.25) is 0 Å². The van der Waals surface area contributed by atoms with Crippen molar-refractivity contribution >= 4 is 0 Å². The predicted molar refractivity (Wildman–Crippen MR) is 48.8 cm³/mol. The summed E-state index contributed by atoms with van der Waals surface area (Å²) in [5.41, 5.74) is 0. The van der Waals surface area contributed by atoms with Crippen LogP contribution in [0.25, 0.3) is 0 Å². The average Bonchev–Trinajstić information content (AvgIpc) is 1.82. The molecular formula is C9H21NZn. The van der Waals surface area contributed by atoms with Crippen molar-refractivity contribution in [2.24, 2.45) is 0 Å². The van der Waals surface area contributed by atoms with Crippen LogP contribution in [0.4, 0.5) is 0 Å². The maximum absolute atomic E-state index is 3.81. The fourth-order valence-electron chi connectivity index (χ4n) is 0.985. The Kier molecular flexibility index (Phi) is 16.9. The molecule has 0 radical (unpaired) electrons. The maximum Gasteiger partial charge on any atom is 2.00 e. The van der Waals surface area contributed by atoms with E-state index in [1.807, 2.05) is 0 Å². The summed E-state index contributed by atoms with van der Waals surface area (Å²) in [7, 11) is 0. The van der Waals surface area contributed by atoms with Crippen molar-refractivity contribution < 1.29 is 19.5 Å². The molecule has 2 heteroatoms. The smallest absolute Gasteiger partial charge is 0.358 e. The van der Waals surface area contributed by atoms with Gasteiger partial charge in [-0.15, -0.1) is 0 Å². The zero-order chi connectivity index (χ0) is 7.28. The van der Waals surface area contributed by atoms with Crippen molar-refractivity contribution in [1.82, 2.24) is 4.90 Å². The van der Waals surface area contributed by atoms with E-state index in [1.165, 1.54) is 0 Å². The van der Waals surface area contributed by atoms with Crippen molar-refractivity contribution in [1.29, 1.82) is 0 Å². The van der Waals surface area contributed by atoms with Crippen LogP contribution in [0.1, 0.15) is 27.2 Å². The molecule has 64 valence electrons. The summed E-state index contributed by atoms with van der Waals surface area (Å²) in [5, 5.41) is 0. The maximum atomic E-state index is 3.81. The van der Waals surface area contributed by atoms with Gasteiger partial charge in [0.15, 0.2) is 0 Å². The standard InChI is InChI=1S/C8H18N.CH3.Zn/c1-5-7-9(6-2)8(3)4;;/h8H,1,5-7H2,2-4H3;1H3;/q2*-1;+2. The molecule has 0 N–H and O–H groups in total. The van der Waals surface area contributed by atoms with E-state index >= 15 is 0 Å². The van der Waals surface area contributed by atoms with Crippen LogP contribution in [0.2, 0.25) is 0 Å². The number of rotatable bonds is 4. The first-order valence-corrected chi connectivity index (χ1v) is 3.75. The van der Waals surface area contributed by atoms with Gasteiger partial charge >= 0.3 is 19.5 Å². The Labute approximate surface area is 85.3 Å². The van der Waals surface area contributed by atoms with Gasteiger partial charge in [-0.25, -0.2) is 0 Å².